The fourth-order valence-corrected chi connectivity index (χ4v) is 4.74. The number of amides is 2. The van der Waals surface area contributed by atoms with E-state index in [9.17, 15) is 14.4 Å². The molecule has 1 fully saturated rings. The van der Waals surface area contributed by atoms with E-state index in [1.807, 2.05) is 84.9 Å². The van der Waals surface area contributed by atoms with Gasteiger partial charge in [-0.1, -0.05) is 78.9 Å². The lowest BCUT2D eigenvalue weighted by Crippen LogP contribution is -2.50. The van der Waals surface area contributed by atoms with Crippen molar-refractivity contribution in [1.82, 2.24) is 10.6 Å². The molecule has 1 heterocycles. The number of morpholine rings is 1. The van der Waals surface area contributed by atoms with Gasteiger partial charge in [-0.2, -0.15) is 0 Å². The Morgan fingerprint density at radius 2 is 1.59 bits per heavy atom. The van der Waals surface area contributed by atoms with E-state index in [0.717, 1.165) is 16.7 Å². The maximum atomic E-state index is 13.8. The number of carbonyl (C=O) groups is 3. The van der Waals surface area contributed by atoms with E-state index >= 15 is 0 Å². The van der Waals surface area contributed by atoms with Crippen molar-refractivity contribution < 1.29 is 29.0 Å². The number of alkyl carbamates (subject to hydrolysis) is 1. The lowest BCUT2D eigenvalue weighted by atomic mass is 9.84. The number of rotatable bonds is 10. The molecule has 3 atom stereocenters. The minimum Gasteiger partial charge on any atom is -0.480 e. The van der Waals surface area contributed by atoms with E-state index in [0.29, 0.717) is 25.1 Å². The molecule has 0 aliphatic carbocycles. The Morgan fingerprint density at radius 1 is 0.974 bits per heavy atom. The van der Waals surface area contributed by atoms with Gasteiger partial charge in [-0.3, -0.25) is 14.9 Å². The lowest BCUT2D eigenvalue weighted by molar-refractivity contribution is -0.144. The third-order valence-corrected chi connectivity index (χ3v) is 6.79. The van der Waals surface area contributed by atoms with Gasteiger partial charge in [-0.05, 0) is 35.6 Å². The second-order valence-electron chi connectivity index (χ2n) is 9.35. The van der Waals surface area contributed by atoms with Gasteiger partial charge in [0.15, 0.2) is 0 Å². The molecule has 0 radical (unpaired) electrons. The minimum atomic E-state index is -0.964. The molecule has 0 aromatic heterocycles. The van der Waals surface area contributed by atoms with E-state index in [1.54, 1.807) is 0 Å². The Labute approximate surface area is 227 Å². The number of ether oxygens (including phenoxy) is 2. The molecule has 9 nitrogen and oxygen atoms in total. The molecule has 3 aromatic carbocycles. The van der Waals surface area contributed by atoms with Crippen molar-refractivity contribution in [2.24, 2.45) is 0 Å². The summed E-state index contributed by atoms with van der Waals surface area (Å²) >= 11 is 0. The molecule has 1 aliphatic rings. The monoisotopic (exact) mass is 531 g/mol. The van der Waals surface area contributed by atoms with Crippen LogP contribution in [0.1, 0.15) is 29.0 Å². The van der Waals surface area contributed by atoms with E-state index in [4.69, 9.17) is 14.6 Å². The molecule has 1 aliphatic heterocycles. The third-order valence-electron chi connectivity index (χ3n) is 6.79. The highest BCUT2D eigenvalue weighted by molar-refractivity contribution is 5.98. The lowest BCUT2D eigenvalue weighted by Gasteiger charge is -2.29. The largest absolute Gasteiger partial charge is 0.480 e. The number of methoxy groups -OCH3 is 1. The highest BCUT2D eigenvalue weighted by Crippen LogP contribution is 2.30. The first-order chi connectivity index (χ1) is 19.0. The summed E-state index contributed by atoms with van der Waals surface area (Å²) in [6.07, 6.45) is 0.406. The summed E-state index contributed by atoms with van der Waals surface area (Å²) in [5.74, 6) is -1.78. The highest BCUT2D eigenvalue weighted by atomic mass is 16.5. The van der Waals surface area contributed by atoms with Crippen molar-refractivity contribution in [3.63, 3.8) is 0 Å². The van der Waals surface area contributed by atoms with Gasteiger partial charge in [-0.15, -0.1) is 0 Å². The van der Waals surface area contributed by atoms with Crippen LogP contribution in [0.15, 0.2) is 84.9 Å². The van der Waals surface area contributed by atoms with Gasteiger partial charge in [0.25, 0.3) is 0 Å². The van der Waals surface area contributed by atoms with Crippen molar-refractivity contribution in [2.75, 3.05) is 25.6 Å². The number of carbonyl (C=O) groups excluding carboxylic acids is 2. The van der Waals surface area contributed by atoms with Crippen LogP contribution in [-0.2, 0) is 25.5 Å². The van der Waals surface area contributed by atoms with Crippen LogP contribution in [0, 0.1) is 0 Å². The van der Waals surface area contributed by atoms with Crippen LogP contribution in [-0.4, -0.2) is 61.5 Å². The zero-order valence-electron chi connectivity index (χ0n) is 21.7. The van der Waals surface area contributed by atoms with Gasteiger partial charge in [0.2, 0.25) is 5.91 Å². The molecule has 9 heteroatoms. The van der Waals surface area contributed by atoms with Crippen LogP contribution >= 0.6 is 0 Å². The second-order valence-corrected chi connectivity index (χ2v) is 9.35. The Kier molecular flexibility index (Phi) is 9.66. The molecule has 204 valence electrons. The van der Waals surface area contributed by atoms with Gasteiger partial charge in [0.05, 0.1) is 19.8 Å². The summed E-state index contributed by atoms with van der Waals surface area (Å²) in [5.41, 5.74) is 3.28. The van der Waals surface area contributed by atoms with Crippen molar-refractivity contribution in [3.8, 4) is 0 Å². The average molecular weight is 532 g/mol. The van der Waals surface area contributed by atoms with Gasteiger partial charge >= 0.3 is 12.1 Å². The molecule has 0 saturated carbocycles. The number of aryl methyl sites for hydroxylation is 1. The number of para-hydroxylation sites is 1. The van der Waals surface area contributed by atoms with Crippen LogP contribution in [0.3, 0.4) is 0 Å². The highest BCUT2D eigenvalue weighted by Gasteiger charge is 2.33. The first kappa shape index (κ1) is 27.8. The normalized spacial score (nSPS) is 17.7. The molecular formula is C30H33N3O6. The molecule has 1 saturated heterocycles. The van der Waals surface area contributed by atoms with Gasteiger partial charge < -0.3 is 25.2 Å². The summed E-state index contributed by atoms with van der Waals surface area (Å²) in [4.78, 5) is 37.4. The number of nitrogens with one attached hydrogen (secondary N) is 3. The summed E-state index contributed by atoms with van der Waals surface area (Å²) in [5, 5.41) is 17.9. The molecule has 4 N–H and O–H groups in total. The average Bonchev–Trinajstić information content (AvgIpc) is 2.97. The number of anilines is 1. The number of hydrogen-bond acceptors (Lipinski definition) is 6. The Morgan fingerprint density at radius 3 is 2.15 bits per heavy atom. The fraction of sp³-hybridized carbons (Fsp3) is 0.300. The summed E-state index contributed by atoms with van der Waals surface area (Å²) < 4.78 is 10.6. The quantitative estimate of drug-likeness (QED) is 0.315. The smallest absolute Gasteiger partial charge is 0.407 e. The van der Waals surface area contributed by atoms with Crippen molar-refractivity contribution in [1.29, 1.82) is 0 Å². The molecule has 3 unspecified atom stereocenters. The summed E-state index contributed by atoms with van der Waals surface area (Å²) in [6, 6.07) is 24.9. The molecule has 39 heavy (non-hydrogen) atoms. The van der Waals surface area contributed by atoms with E-state index in [1.165, 1.54) is 7.11 Å². The molecule has 2 amide bonds. The maximum absolute atomic E-state index is 13.8. The Hall–Kier alpha value is -4.21. The topological polar surface area (TPSA) is 126 Å². The zero-order chi connectivity index (χ0) is 27.6. The van der Waals surface area contributed by atoms with Gasteiger partial charge in [0, 0.05) is 18.2 Å². The van der Waals surface area contributed by atoms with Crippen LogP contribution in [0.25, 0.3) is 0 Å². The van der Waals surface area contributed by atoms with Crippen molar-refractivity contribution in [3.05, 3.63) is 102 Å². The molecule has 4 rings (SSSR count). The predicted molar refractivity (Wildman–Crippen MR) is 147 cm³/mol. The fourth-order valence-electron chi connectivity index (χ4n) is 4.74. The first-order valence-electron chi connectivity index (χ1n) is 12.9. The number of carboxylic acids is 1. The van der Waals surface area contributed by atoms with E-state index in [-0.39, 0.29) is 18.6 Å². The van der Waals surface area contributed by atoms with Crippen LogP contribution in [0.4, 0.5) is 10.5 Å². The summed E-state index contributed by atoms with van der Waals surface area (Å²) in [6.45, 7) is 0.548. The van der Waals surface area contributed by atoms with Crippen molar-refractivity contribution >= 4 is 23.7 Å². The summed E-state index contributed by atoms with van der Waals surface area (Å²) in [7, 11) is 1.26. The SMILES string of the molecule is COC(=O)NC(C(=O)Nc1ccccc1CCC1CNC(C(=O)O)CO1)C(c1ccccc1)c1ccccc1. The second kappa shape index (κ2) is 13.5. The molecule has 0 spiro atoms. The first-order valence-corrected chi connectivity index (χ1v) is 12.9. The van der Waals surface area contributed by atoms with Crippen LogP contribution < -0.4 is 16.0 Å². The Bertz CT molecular complexity index is 1210. The van der Waals surface area contributed by atoms with E-state index < -0.39 is 30.1 Å². The third kappa shape index (κ3) is 7.43. The van der Waals surface area contributed by atoms with Crippen molar-refractivity contribution in [2.45, 2.75) is 36.9 Å². The van der Waals surface area contributed by atoms with Crippen LogP contribution in [0.2, 0.25) is 0 Å². The molecule has 0 bridgehead atoms. The molecular weight excluding hydrogens is 498 g/mol. The number of benzene rings is 3. The zero-order valence-corrected chi connectivity index (χ0v) is 21.7. The molecule has 3 aromatic rings. The predicted octanol–water partition coefficient (Wildman–Crippen LogP) is 3.56. The number of carboxylic acid groups (broad SMARTS) is 1. The van der Waals surface area contributed by atoms with Gasteiger partial charge in [0.1, 0.15) is 12.1 Å². The number of hydrogen-bond donors (Lipinski definition) is 4. The van der Waals surface area contributed by atoms with E-state index in [2.05, 4.69) is 16.0 Å². The maximum Gasteiger partial charge on any atom is 0.407 e. The van der Waals surface area contributed by atoms with Gasteiger partial charge in [-0.25, -0.2) is 4.79 Å². The van der Waals surface area contributed by atoms with Crippen LogP contribution in [0.5, 0.6) is 0 Å². The standard InChI is InChI=1S/C30H33N3O6/c1-38-30(37)33-27(26(21-11-4-2-5-12-21)22-13-6-3-7-14-22)28(34)32-24-15-9-8-10-20(24)16-17-23-18-31-25(19-39-23)29(35)36/h2-15,23,25-27,31H,16-19H2,1H3,(H,32,34)(H,33,37)(H,35,36). The Balaban J connectivity index is 1.54. The number of aliphatic carboxylic acids is 1. The minimum absolute atomic E-state index is 0.111.